The van der Waals surface area contributed by atoms with Crippen LogP contribution in [0.2, 0.25) is 0 Å². The largest absolute Gasteiger partial charge is 0.352 e. The Balaban J connectivity index is 1.86. The molecule has 4 atom stereocenters. The van der Waals surface area contributed by atoms with Crippen molar-refractivity contribution in [3.63, 3.8) is 0 Å². The Morgan fingerprint density at radius 3 is 2.50 bits per heavy atom. The van der Waals surface area contributed by atoms with Gasteiger partial charge in [0.25, 0.3) is 0 Å². The summed E-state index contributed by atoms with van der Waals surface area (Å²) in [7, 11) is 0. The smallest absolute Gasteiger partial charge is 0.223 e. The molecule has 0 aromatic carbocycles. The van der Waals surface area contributed by atoms with E-state index in [4.69, 9.17) is 0 Å². The zero-order valence-corrected chi connectivity index (χ0v) is 11.6. The van der Waals surface area contributed by atoms with Crippen molar-refractivity contribution in [1.29, 1.82) is 0 Å². The van der Waals surface area contributed by atoms with E-state index in [0.29, 0.717) is 22.7 Å². The van der Waals surface area contributed by atoms with Gasteiger partial charge in [0.15, 0.2) is 0 Å². The van der Waals surface area contributed by atoms with Crippen LogP contribution in [-0.4, -0.2) is 16.8 Å². The van der Waals surface area contributed by atoms with E-state index in [1.807, 2.05) is 0 Å². The summed E-state index contributed by atoms with van der Waals surface area (Å²) in [5.74, 6) is 1.17. The van der Waals surface area contributed by atoms with Crippen molar-refractivity contribution < 1.29 is 4.79 Å². The minimum Gasteiger partial charge on any atom is -0.352 e. The van der Waals surface area contributed by atoms with Crippen molar-refractivity contribution in [2.24, 2.45) is 11.8 Å². The summed E-state index contributed by atoms with van der Waals surface area (Å²) in [5, 5.41) is 3.26. The molecule has 2 saturated carbocycles. The SMILES string of the molecule is CC1CCCC1C(=O)NC1CCCCC1Br. The van der Waals surface area contributed by atoms with E-state index >= 15 is 0 Å². The van der Waals surface area contributed by atoms with Crippen LogP contribution in [0.1, 0.15) is 51.9 Å². The fraction of sp³-hybridized carbons (Fsp3) is 0.923. The molecule has 2 nitrogen and oxygen atoms in total. The Morgan fingerprint density at radius 2 is 1.88 bits per heavy atom. The van der Waals surface area contributed by atoms with E-state index in [1.54, 1.807) is 0 Å². The highest BCUT2D eigenvalue weighted by Gasteiger charge is 2.32. The van der Waals surface area contributed by atoms with Crippen LogP contribution < -0.4 is 5.32 Å². The Hall–Kier alpha value is -0.0500. The average molecular weight is 288 g/mol. The minimum atomic E-state index is 0.279. The molecule has 2 fully saturated rings. The number of alkyl halides is 1. The lowest BCUT2D eigenvalue weighted by atomic mass is 9.93. The van der Waals surface area contributed by atoms with Crippen LogP contribution in [0.4, 0.5) is 0 Å². The van der Waals surface area contributed by atoms with Crippen molar-refractivity contribution in [1.82, 2.24) is 5.32 Å². The topological polar surface area (TPSA) is 29.1 Å². The molecule has 2 rings (SSSR count). The van der Waals surface area contributed by atoms with Gasteiger partial charge in [-0.05, 0) is 31.6 Å². The zero-order valence-electron chi connectivity index (χ0n) is 10.0. The molecule has 0 saturated heterocycles. The second kappa shape index (κ2) is 5.52. The third kappa shape index (κ3) is 2.79. The molecule has 2 aliphatic carbocycles. The second-order valence-electron chi connectivity index (χ2n) is 5.43. The Morgan fingerprint density at radius 1 is 1.12 bits per heavy atom. The van der Waals surface area contributed by atoms with Crippen molar-refractivity contribution in [2.45, 2.75) is 62.7 Å². The van der Waals surface area contributed by atoms with E-state index < -0.39 is 0 Å². The second-order valence-corrected chi connectivity index (χ2v) is 6.61. The lowest BCUT2D eigenvalue weighted by Crippen LogP contribution is -2.45. The number of rotatable bonds is 2. The van der Waals surface area contributed by atoms with Crippen molar-refractivity contribution in [2.75, 3.05) is 0 Å². The van der Waals surface area contributed by atoms with E-state index in [1.165, 1.54) is 32.1 Å². The first kappa shape index (κ1) is 12.4. The van der Waals surface area contributed by atoms with Gasteiger partial charge in [-0.1, -0.05) is 42.1 Å². The molecule has 1 N–H and O–H groups in total. The molecule has 0 aromatic heterocycles. The first-order valence-corrected chi connectivity index (χ1v) is 7.54. The number of amides is 1. The number of nitrogens with one attached hydrogen (secondary N) is 1. The summed E-state index contributed by atoms with van der Waals surface area (Å²) in [5.41, 5.74) is 0. The molecule has 4 unspecified atom stereocenters. The molecular weight excluding hydrogens is 266 g/mol. The van der Waals surface area contributed by atoms with E-state index in [2.05, 4.69) is 28.2 Å². The first-order chi connectivity index (χ1) is 7.68. The molecule has 0 aromatic rings. The van der Waals surface area contributed by atoms with Crippen LogP contribution in [0.25, 0.3) is 0 Å². The fourth-order valence-electron chi connectivity index (χ4n) is 3.07. The number of carbonyl (C=O) groups excluding carboxylic acids is 1. The summed E-state index contributed by atoms with van der Waals surface area (Å²) in [6, 6.07) is 0.369. The van der Waals surface area contributed by atoms with Crippen LogP contribution in [0.5, 0.6) is 0 Å². The molecule has 0 radical (unpaired) electrons. The van der Waals surface area contributed by atoms with Crippen LogP contribution >= 0.6 is 15.9 Å². The van der Waals surface area contributed by atoms with Gasteiger partial charge in [-0.25, -0.2) is 0 Å². The minimum absolute atomic E-state index is 0.279. The highest BCUT2D eigenvalue weighted by Crippen LogP contribution is 2.32. The molecule has 0 bridgehead atoms. The van der Waals surface area contributed by atoms with E-state index in [0.717, 1.165) is 12.8 Å². The third-order valence-electron chi connectivity index (χ3n) is 4.21. The van der Waals surface area contributed by atoms with Crippen LogP contribution in [0, 0.1) is 11.8 Å². The van der Waals surface area contributed by atoms with Gasteiger partial charge in [0.05, 0.1) is 0 Å². The van der Waals surface area contributed by atoms with Crippen LogP contribution in [-0.2, 0) is 4.79 Å². The normalized spacial score (nSPS) is 39.6. The molecule has 0 aliphatic heterocycles. The molecule has 16 heavy (non-hydrogen) atoms. The number of carbonyl (C=O) groups is 1. The first-order valence-electron chi connectivity index (χ1n) is 6.63. The van der Waals surface area contributed by atoms with Crippen molar-refractivity contribution in [3.05, 3.63) is 0 Å². The molecule has 92 valence electrons. The van der Waals surface area contributed by atoms with Gasteiger partial charge in [0, 0.05) is 16.8 Å². The number of halogens is 1. The maximum absolute atomic E-state index is 12.1. The third-order valence-corrected chi connectivity index (χ3v) is 5.30. The fourth-order valence-corrected chi connectivity index (χ4v) is 3.79. The summed E-state index contributed by atoms with van der Waals surface area (Å²) in [4.78, 5) is 12.6. The van der Waals surface area contributed by atoms with Gasteiger partial charge in [0.1, 0.15) is 0 Å². The summed E-state index contributed by atoms with van der Waals surface area (Å²) in [6.07, 6.45) is 8.43. The lowest BCUT2D eigenvalue weighted by molar-refractivity contribution is -0.126. The van der Waals surface area contributed by atoms with Gasteiger partial charge in [-0.15, -0.1) is 0 Å². The Labute approximate surface area is 107 Å². The maximum atomic E-state index is 12.1. The van der Waals surface area contributed by atoms with E-state index in [9.17, 15) is 4.79 Å². The molecule has 1 amide bonds. The molecular formula is C13H22BrNO. The average Bonchev–Trinajstić information content (AvgIpc) is 2.68. The van der Waals surface area contributed by atoms with E-state index in [-0.39, 0.29) is 5.92 Å². The van der Waals surface area contributed by atoms with Crippen LogP contribution in [0.3, 0.4) is 0 Å². The Bertz CT molecular complexity index is 256. The van der Waals surface area contributed by atoms with Gasteiger partial charge in [-0.2, -0.15) is 0 Å². The van der Waals surface area contributed by atoms with Gasteiger partial charge < -0.3 is 5.32 Å². The monoisotopic (exact) mass is 287 g/mol. The zero-order chi connectivity index (χ0) is 11.5. The van der Waals surface area contributed by atoms with Gasteiger partial charge >= 0.3 is 0 Å². The lowest BCUT2D eigenvalue weighted by Gasteiger charge is -2.29. The highest BCUT2D eigenvalue weighted by molar-refractivity contribution is 9.09. The quantitative estimate of drug-likeness (QED) is 0.776. The summed E-state index contributed by atoms with van der Waals surface area (Å²) < 4.78 is 0. The van der Waals surface area contributed by atoms with Crippen molar-refractivity contribution >= 4 is 21.8 Å². The maximum Gasteiger partial charge on any atom is 0.223 e. The van der Waals surface area contributed by atoms with Crippen molar-refractivity contribution in [3.8, 4) is 0 Å². The Kier molecular flexibility index (Phi) is 4.28. The van der Waals surface area contributed by atoms with Gasteiger partial charge in [0.2, 0.25) is 5.91 Å². The number of hydrogen-bond acceptors (Lipinski definition) is 1. The summed E-state index contributed by atoms with van der Waals surface area (Å²) >= 11 is 3.69. The number of hydrogen-bond donors (Lipinski definition) is 1. The standard InChI is InChI=1S/C13H22BrNO/c1-9-5-4-6-10(9)13(16)15-12-8-3-2-7-11(12)14/h9-12H,2-8H2,1H3,(H,15,16). The molecule has 2 aliphatic rings. The van der Waals surface area contributed by atoms with Gasteiger partial charge in [-0.3, -0.25) is 4.79 Å². The molecule has 0 spiro atoms. The highest BCUT2D eigenvalue weighted by atomic mass is 79.9. The van der Waals surface area contributed by atoms with Crippen LogP contribution in [0.15, 0.2) is 0 Å². The predicted molar refractivity (Wildman–Crippen MR) is 69.6 cm³/mol. The molecule has 3 heteroatoms. The predicted octanol–water partition coefficient (Wildman–Crippen LogP) is 3.24. The molecule has 0 heterocycles. The summed E-state index contributed by atoms with van der Waals surface area (Å²) in [6.45, 7) is 2.21.